The molecule has 1 aromatic heterocycles. The lowest BCUT2D eigenvalue weighted by molar-refractivity contribution is -0.137. The Kier molecular flexibility index (Phi) is 6.94. The number of aromatic nitrogens is 1. The molecule has 6 nitrogen and oxygen atoms in total. The van der Waals surface area contributed by atoms with E-state index >= 15 is 0 Å². The van der Waals surface area contributed by atoms with Crippen molar-refractivity contribution in [2.24, 2.45) is 0 Å². The zero-order valence-corrected chi connectivity index (χ0v) is 16.9. The molecule has 1 fully saturated rings. The third-order valence-electron chi connectivity index (χ3n) is 5.03. The topological polar surface area (TPSA) is 57.7 Å². The van der Waals surface area contributed by atoms with Crippen molar-refractivity contribution in [2.75, 3.05) is 51.8 Å². The molecular formula is C21H25F3N4O2. The zero-order valence-electron chi connectivity index (χ0n) is 16.9. The van der Waals surface area contributed by atoms with Gasteiger partial charge in [0.1, 0.15) is 5.82 Å². The number of nitrogens with one attached hydrogen (secondary N) is 1. The van der Waals surface area contributed by atoms with Crippen LogP contribution in [0, 0.1) is 0 Å². The highest BCUT2D eigenvalue weighted by Crippen LogP contribution is 2.31. The second-order valence-electron chi connectivity index (χ2n) is 7.29. The van der Waals surface area contributed by atoms with E-state index in [1.54, 1.807) is 23.2 Å². The maximum absolute atomic E-state index is 12.9. The molecule has 0 aliphatic carbocycles. The van der Waals surface area contributed by atoms with Crippen LogP contribution in [0.25, 0.3) is 0 Å². The molecule has 1 amide bonds. The molecular weight excluding hydrogens is 397 g/mol. The molecule has 9 heteroatoms. The minimum Gasteiger partial charge on any atom is -0.379 e. The minimum atomic E-state index is -4.38. The van der Waals surface area contributed by atoms with Gasteiger partial charge in [-0.15, -0.1) is 0 Å². The van der Waals surface area contributed by atoms with E-state index < -0.39 is 11.7 Å². The van der Waals surface area contributed by atoms with Crippen LogP contribution in [0.3, 0.4) is 0 Å². The molecule has 0 bridgehead atoms. The number of carbonyl (C=O) groups excluding carboxylic acids is 1. The number of anilines is 1. The third kappa shape index (κ3) is 5.48. The average Bonchev–Trinajstić information content (AvgIpc) is 2.74. The summed E-state index contributed by atoms with van der Waals surface area (Å²) < 4.78 is 44.1. The number of pyridine rings is 1. The summed E-state index contributed by atoms with van der Waals surface area (Å²) in [5.74, 6) is 0.404. The Balaban J connectivity index is 1.76. The molecule has 1 aliphatic rings. The van der Waals surface area contributed by atoms with E-state index in [9.17, 15) is 18.0 Å². The van der Waals surface area contributed by atoms with Crippen LogP contribution in [0.4, 0.5) is 19.0 Å². The van der Waals surface area contributed by atoms with Crippen LogP contribution in [0.1, 0.15) is 27.5 Å². The second-order valence-corrected chi connectivity index (χ2v) is 7.29. The van der Waals surface area contributed by atoms with Crippen LogP contribution in [-0.4, -0.2) is 62.7 Å². The van der Waals surface area contributed by atoms with Crippen molar-refractivity contribution in [2.45, 2.75) is 12.2 Å². The average molecular weight is 422 g/mol. The van der Waals surface area contributed by atoms with Crippen LogP contribution < -0.4 is 10.2 Å². The molecule has 1 aromatic carbocycles. The molecule has 30 heavy (non-hydrogen) atoms. The molecule has 1 atom stereocenters. The number of carbonyl (C=O) groups is 1. The van der Waals surface area contributed by atoms with Crippen molar-refractivity contribution >= 4 is 11.7 Å². The van der Waals surface area contributed by atoms with E-state index in [1.807, 2.05) is 14.1 Å². The summed E-state index contributed by atoms with van der Waals surface area (Å²) in [6.45, 7) is 2.64. The van der Waals surface area contributed by atoms with Gasteiger partial charge in [0.2, 0.25) is 0 Å². The van der Waals surface area contributed by atoms with Crippen molar-refractivity contribution in [1.29, 1.82) is 0 Å². The van der Waals surface area contributed by atoms with Crippen LogP contribution >= 0.6 is 0 Å². The van der Waals surface area contributed by atoms with Gasteiger partial charge >= 0.3 is 6.18 Å². The van der Waals surface area contributed by atoms with Crippen LogP contribution in [0.5, 0.6) is 0 Å². The molecule has 0 radical (unpaired) electrons. The summed E-state index contributed by atoms with van der Waals surface area (Å²) in [5, 5.41) is 2.92. The Morgan fingerprint density at radius 3 is 2.47 bits per heavy atom. The van der Waals surface area contributed by atoms with E-state index in [2.05, 4.69) is 15.2 Å². The molecule has 3 rings (SSSR count). The smallest absolute Gasteiger partial charge is 0.379 e. The maximum Gasteiger partial charge on any atom is 0.416 e. The zero-order chi connectivity index (χ0) is 21.7. The molecule has 0 spiro atoms. The largest absolute Gasteiger partial charge is 0.416 e. The maximum atomic E-state index is 12.9. The van der Waals surface area contributed by atoms with Crippen molar-refractivity contribution < 1.29 is 22.7 Å². The lowest BCUT2D eigenvalue weighted by Crippen LogP contribution is -2.43. The highest BCUT2D eigenvalue weighted by Gasteiger charge is 2.31. The van der Waals surface area contributed by atoms with Gasteiger partial charge < -0.3 is 15.0 Å². The molecule has 1 aliphatic heterocycles. The van der Waals surface area contributed by atoms with Gasteiger partial charge in [-0.05, 0) is 29.8 Å². The fourth-order valence-corrected chi connectivity index (χ4v) is 3.34. The number of ether oxygens (including phenoxy) is 1. The van der Waals surface area contributed by atoms with E-state index in [0.717, 1.165) is 12.1 Å². The SMILES string of the molecule is CN(C)c1cc(C(=O)NCC(c2ccc(C(F)(F)F)cc2)N2CCOCC2)ccn1. The van der Waals surface area contributed by atoms with Gasteiger partial charge in [-0.2, -0.15) is 13.2 Å². The number of benzene rings is 1. The van der Waals surface area contributed by atoms with Gasteiger partial charge in [-0.3, -0.25) is 9.69 Å². The van der Waals surface area contributed by atoms with Crippen LogP contribution in [0.2, 0.25) is 0 Å². The monoisotopic (exact) mass is 422 g/mol. The summed E-state index contributed by atoms with van der Waals surface area (Å²) in [7, 11) is 3.67. The number of morpholine rings is 1. The second kappa shape index (κ2) is 9.44. The standard InChI is InChI=1S/C21H25F3N4O2/c1-27(2)19-13-16(7-8-25-19)20(29)26-14-18(28-9-11-30-12-10-28)15-3-5-17(6-4-15)21(22,23)24/h3-8,13,18H,9-12,14H2,1-2H3,(H,26,29). The molecule has 1 unspecified atom stereocenters. The summed E-state index contributed by atoms with van der Waals surface area (Å²) >= 11 is 0. The molecule has 162 valence electrons. The molecule has 1 N–H and O–H groups in total. The summed E-state index contributed by atoms with van der Waals surface area (Å²) in [6.07, 6.45) is -2.81. The number of amides is 1. The highest BCUT2D eigenvalue weighted by molar-refractivity contribution is 5.94. The number of nitrogens with zero attached hydrogens (tertiary/aromatic N) is 3. The first kappa shape index (κ1) is 22.0. The number of alkyl halides is 3. The summed E-state index contributed by atoms with van der Waals surface area (Å²) in [5.41, 5.74) is 0.500. The van der Waals surface area contributed by atoms with Gasteiger partial charge in [0.15, 0.2) is 0 Å². The minimum absolute atomic E-state index is 0.254. The Labute approximate surface area is 173 Å². The molecule has 2 heterocycles. The van der Waals surface area contributed by atoms with E-state index in [4.69, 9.17) is 4.74 Å². The first-order chi connectivity index (χ1) is 14.3. The van der Waals surface area contributed by atoms with Gasteiger partial charge in [0.25, 0.3) is 5.91 Å². The normalized spacial score (nSPS) is 16.2. The van der Waals surface area contributed by atoms with E-state index in [-0.39, 0.29) is 18.5 Å². The molecule has 2 aromatic rings. The molecule has 0 saturated carbocycles. The third-order valence-corrected chi connectivity index (χ3v) is 5.03. The van der Waals surface area contributed by atoms with Crippen molar-refractivity contribution in [3.63, 3.8) is 0 Å². The lowest BCUT2D eigenvalue weighted by atomic mass is 10.0. The van der Waals surface area contributed by atoms with Gasteiger partial charge in [-0.25, -0.2) is 4.98 Å². The van der Waals surface area contributed by atoms with Crippen LogP contribution in [0.15, 0.2) is 42.6 Å². The number of hydrogen-bond acceptors (Lipinski definition) is 5. The van der Waals surface area contributed by atoms with Crippen molar-refractivity contribution in [1.82, 2.24) is 15.2 Å². The first-order valence-electron chi connectivity index (χ1n) is 9.66. The predicted molar refractivity (Wildman–Crippen MR) is 107 cm³/mol. The Hall–Kier alpha value is -2.65. The lowest BCUT2D eigenvalue weighted by Gasteiger charge is -2.35. The van der Waals surface area contributed by atoms with Gasteiger partial charge in [0.05, 0.1) is 24.8 Å². The van der Waals surface area contributed by atoms with Gasteiger partial charge in [0, 0.05) is 45.5 Å². The van der Waals surface area contributed by atoms with Crippen molar-refractivity contribution in [3.05, 3.63) is 59.3 Å². The van der Waals surface area contributed by atoms with Crippen LogP contribution in [-0.2, 0) is 10.9 Å². The van der Waals surface area contributed by atoms with Crippen molar-refractivity contribution in [3.8, 4) is 0 Å². The summed E-state index contributed by atoms with van der Waals surface area (Å²) in [6, 6.07) is 8.18. The predicted octanol–water partition coefficient (Wildman–Crippen LogP) is 2.97. The Morgan fingerprint density at radius 1 is 1.20 bits per heavy atom. The van der Waals surface area contributed by atoms with E-state index in [0.29, 0.717) is 43.2 Å². The van der Waals surface area contributed by atoms with Gasteiger partial charge in [-0.1, -0.05) is 12.1 Å². The Morgan fingerprint density at radius 2 is 1.87 bits per heavy atom. The number of hydrogen-bond donors (Lipinski definition) is 1. The molecule has 1 saturated heterocycles. The highest BCUT2D eigenvalue weighted by atomic mass is 19.4. The first-order valence-corrected chi connectivity index (χ1v) is 9.66. The fourth-order valence-electron chi connectivity index (χ4n) is 3.34. The Bertz CT molecular complexity index is 850. The summed E-state index contributed by atoms with van der Waals surface area (Å²) in [4.78, 5) is 20.8. The number of rotatable bonds is 6. The number of halogens is 3. The fraction of sp³-hybridized carbons (Fsp3) is 0.429. The van der Waals surface area contributed by atoms with E-state index in [1.165, 1.54) is 12.1 Å². The quantitative estimate of drug-likeness (QED) is 0.776.